The van der Waals surface area contributed by atoms with Crippen molar-refractivity contribution in [2.45, 2.75) is 30.7 Å². The molecule has 0 aliphatic carbocycles. The summed E-state index contributed by atoms with van der Waals surface area (Å²) in [5, 5.41) is 1.97. The van der Waals surface area contributed by atoms with E-state index in [-0.39, 0.29) is 28.4 Å². The molecule has 6 nitrogen and oxygen atoms in total. The summed E-state index contributed by atoms with van der Waals surface area (Å²) in [7, 11) is -3.69. The Hall–Kier alpha value is -2.71. The molecule has 0 saturated carbocycles. The number of thiazole rings is 1. The second-order valence-corrected chi connectivity index (χ2v) is 9.23. The van der Waals surface area contributed by atoms with Crippen LogP contribution < -0.4 is 9.62 Å². The lowest BCUT2D eigenvalue weighted by molar-refractivity contribution is -0.118. The number of amides is 1. The van der Waals surface area contributed by atoms with Gasteiger partial charge in [-0.15, -0.1) is 11.3 Å². The summed E-state index contributed by atoms with van der Waals surface area (Å²) in [6.07, 6.45) is 0.962. The summed E-state index contributed by atoms with van der Waals surface area (Å²) in [4.78, 5) is 19.1. The van der Waals surface area contributed by atoms with Gasteiger partial charge in [0.1, 0.15) is 0 Å². The predicted molar refractivity (Wildman–Crippen MR) is 110 cm³/mol. The van der Waals surface area contributed by atoms with Crippen molar-refractivity contribution in [2.24, 2.45) is 0 Å². The first kappa shape index (κ1) is 18.6. The van der Waals surface area contributed by atoms with Crippen molar-refractivity contribution in [3.8, 4) is 0 Å². The van der Waals surface area contributed by atoms with Gasteiger partial charge in [0, 0.05) is 17.1 Å². The zero-order valence-electron chi connectivity index (χ0n) is 15.2. The Kier molecular flexibility index (Phi) is 4.91. The molecule has 4 rings (SSSR count). The standard InChI is InChI=1S/C20H19N3O3S2/c1-14-11-15-7-5-6-10-18(15)23(14)19(24)12-16-13-27-20(21-16)22-28(25,26)17-8-3-2-4-9-17/h2-10,13-14H,11-12H2,1H3,(H,21,22)/t14-/m1/s1. The van der Waals surface area contributed by atoms with E-state index in [1.54, 1.807) is 23.6 Å². The number of fused-ring (bicyclic) bond motifs is 1. The van der Waals surface area contributed by atoms with Gasteiger partial charge in [-0.2, -0.15) is 0 Å². The molecule has 1 amide bonds. The number of anilines is 2. The zero-order valence-corrected chi connectivity index (χ0v) is 16.8. The van der Waals surface area contributed by atoms with Crippen LogP contribution in [0, 0.1) is 0 Å². The first-order chi connectivity index (χ1) is 13.4. The average molecular weight is 414 g/mol. The van der Waals surface area contributed by atoms with Gasteiger partial charge in [-0.25, -0.2) is 13.4 Å². The van der Waals surface area contributed by atoms with Crippen molar-refractivity contribution >= 4 is 38.1 Å². The third-order valence-corrected chi connectivity index (χ3v) is 6.93. The number of sulfonamides is 1. The van der Waals surface area contributed by atoms with E-state index in [1.807, 2.05) is 36.1 Å². The molecular formula is C20H19N3O3S2. The van der Waals surface area contributed by atoms with Gasteiger partial charge in [-0.05, 0) is 37.1 Å². The Morgan fingerprint density at radius 1 is 1.18 bits per heavy atom. The fourth-order valence-corrected chi connectivity index (χ4v) is 5.38. The summed E-state index contributed by atoms with van der Waals surface area (Å²) in [5.41, 5.74) is 2.66. The van der Waals surface area contributed by atoms with Crippen LogP contribution >= 0.6 is 11.3 Å². The fraction of sp³-hybridized carbons (Fsp3) is 0.200. The minimum Gasteiger partial charge on any atom is -0.309 e. The predicted octanol–water partition coefficient (Wildman–Crippen LogP) is 3.46. The fourth-order valence-electron chi connectivity index (χ4n) is 3.39. The summed E-state index contributed by atoms with van der Waals surface area (Å²) < 4.78 is 27.3. The first-order valence-electron chi connectivity index (χ1n) is 8.86. The highest BCUT2D eigenvalue weighted by atomic mass is 32.2. The summed E-state index contributed by atoms with van der Waals surface area (Å²) in [5.74, 6) is -0.0415. The van der Waals surface area contributed by atoms with Crippen LogP contribution in [-0.2, 0) is 27.7 Å². The van der Waals surface area contributed by atoms with Crippen molar-refractivity contribution in [1.82, 2.24) is 4.98 Å². The van der Waals surface area contributed by atoms with Gasteiger partial charge in [0.25, 0.3) is 10.0 Å². The lowest BCUT2D eigenvalue weighted by Gasteiger charge is -2.22. The molecule has 3 aromatic rings. The Bertz CT molecular complexity index is 1110. The molecule has 0 radical (unpaired) electrons. The third-order valence-electron chi connectivity index (χ3n) is 4.64. The summed E-state index contributed by atoms with van der Waals surface area (Å²) in [6.45, 7) is 2.03. The second-order valence-electron chi connectivity index (χ2n) is 6.68. The summed E-state index contributed by atoms with van der Waals surface area (Å²) >= 11 is 1.17. The Labute approximate surface area is 167 Å². The summed E-state index contributed by atoms with van der Waals surface area (Å²) in [6, 6.07) is 16.1. The normalized spacial score (nSPS) is 16.0. The van der Waals surface area contributed by atoms with E-state index in [1.165, 1.54) is 23.5 Å². The quantitative estimate of drug-likeness (QED) is 0.695. The Morgan fingerprint density at radius 2 is 1.89 bits per heavy atom. The van der Waals surface area contributed by atoms with Crippen molar-refractivity contribution in [2.75, 3.05) is 9.62 Å². The number of hydrogen-bond donors (Lipinski definition) is 1. The Morgan fingerprint density at radius 3 is 2.68 bits per heavy atom. The molecule has 2 aromatic carbocycles. The van der Waals surface area contributed by atoms with Crippen molar-refractivity contribution in [1.29, 1.82) is 0 Å². The molecule has 0 spiro atoms. The molecule has 28 heavy (non-hydrogen) atoms. The van der Waals surface area contributed by atoms with Crippen LogP contribution in [0.5, 0.6) is 0 Å². The highest BCUT2D eigenvalue weighted by Crippen LogP contribution is 2.32. The second kappa shape index (κ2) is 7.37. The molecule has 1 aliphatic rings. The van der Waals surface area contributed by atoms with Gasteiger partial charge in [0.05, 0.1) is 17.0 Å². The number of aromatic nitrogens is 1. The molecule has 144 valence electrons. The van der Waals surface area contributed by atoms with Gasteiger partial charge in [0.2, 0.25) is 5.91 Å². The van der Waals surface area contributed by atoms with E-state index in [9.17, 15) is 13.2 Å². The maximum atomic E-state index is 12.9. The van der Waals surface area contributed by atoms with Crippen LogP contribution in [0.3, 0.4) is 0 Å². The maximum Gasteiger partial charge on any atom is 0.263 e. The molecule has 1 aromatic heterocycles. The van der Waals surface area contributed by atoms with E-state index in [0.717, 1.165) is 17.7 Å². The molecule has 1 N–H and O–H groups in total. The topological polar surface area (TPSA) is 79.4 Å². The molecule has 8 heteroatoms. The minimum atomic E-state index is -3.69. The molecule has 0 fully saturated rings. The van der Waals surface area contributed by atoms with Crippen LogP contribution in [-0.4, -0.2) is 25.4 Å². The number of hydrogen-bond acceptors (Lipinski definition) is 5. The Balaban J connectivity index is 1.48. The SMILES string of the molecule is C[C@@H]1Cc2ccccc2N1C(=O)Cc1csc(NS(=O)(=O)c2ccccc2)n1. The highest BCUT2D eigenvalue weighted by Gasteiger charge is 2.30. The van der Waals surface area contributed by atoms with Gasteiger partial charge in [-0.3, -0.25) is 9.52 Å². The van der Waals surface area contributed by atoms with Gasteiger partial charge in [-0.1, -0.05) is 36.4 Å². The monoisotopic (exact) mass is 413 g/mol. The number of rotatable bonds is 5. The number of nitrogens with one attached hydrogen (secondary N) is 1. The number of benzene rings is 2. The van der Waals surface area contributed by atoms with E-state index in [0.29, 0.717) is 5.69 Å². The van der Waals surface area contributed by atoms with E-state index in [4.69, 9.17) is 0 Å². The van der Waals surface area contributed by atoms with Gasteiger partial charge < -0.3 is 4.90 Å². The maximum absolute atomic E-state index is 12.9. The van der Waals surface area contributed by atoms with Gasteiger partial charge in [0.15, 0.2) is 5.13 Å². The zero-order chi connectivity index (χ0) is 19.7. The highest BCUT2D eigenvalue weighted by molar-refractivity contribution is 7.93. The molecule has 0 saturated heterocycles. The number of carbonyl (C=O) groups is 1. The van der Waals surface area contributed by atoms with Crippen LogP contribution in [0.2, 0.25) is 0 Å². The van der Waals surface area contributed by atoms with E-state index in [2.05, 4.69) is 9.71 Å². The molecule has 1 aliphatic heterocycles. The van der Waals surface area contributed by atoms with Crippen LogP contribution in [0.4, 0.5) is 10.8 Å². The van der Waals surface area contributed by atoms with Gasteiger partial charge >= 0.3 is 0 Å². The van der Waals surface area contributed by atoms with Crippen LogP contribution in [0.1, 0.15) is 18.2 Å². The minimum absolute atomic E-state index is 0.0415. The molecule has 0 unspecified atom stereocenters. The van der Waals surface area contributed by atoms with Crippen molar-refractivity contribution in [3.63, 3.8) is 0 Å². The largest absolute Gasteiger partial charge is 0.309 e. The molecular weight excluding hydrogens is 394 g/mol. The van der Waals surface area contributed by atoms with Crippen LogP contribution in [0.15, 0.2) is 64.9 Å². The number of nitrogens with zero attached hydrogens (tertiary/aromatic N) is 2. The number of para-hydroxylation sites is 1. The molecule has 2 heterocycles. The smallest absolute Gasteiger partial charge is 0.263 e. The van der Waals surface area contributed by atoms with E-state index < -0.39 is 10.0 Å². The van der Waals surface area contributed by atoms with Crippen LogP contribution in [0.25, 0.3) is 0 Å². The lowest BCUT2D eigenvalue weighted by atomic mass is 10.1. The lowest BCUT2D eigenvalue weighted by Crippen LogP contribution is -2.36. The average Bonchev–Trinajstić information content (AvgIpc) is 3.24. The first-order valence-corrected chi connectivity index (χ1v) is 11.2. The van der Waals surface area contributed by atoms with E-state index >= 15 is 0 Å². The van der Waals surface area contributed by atoms with Crippen molar-refractivity contribution in [3.05, 3.63) is 71.2 Å². The molecule has 1 atom stereocenters. The molecule has 0 bridgehead atoms. The van der Waals surface area contributed by atoms with Crippen molar-refractivity contribution < 1.29 is 13.2 Å². The number of carbonyl (C=O) groups excluding carboxylic acids is 1. The third kappa shape index (κ3) is 3.65.